The van der Waals surface area contributed by atoms with Gasteiger partial charge in [-0.3, -0.25) is 0 Å². The van der Waals surface area contributed by atoms with Crippen molar-refractivity contribution in [2.24, 2.45) is 5.73 Å². The van der Waals surface area contributed by atoms with Gasteiger partial charge in [0.05, 0.1) is 11.1 Å². The highest BCUT2D eigenvalue weighted by Gasteiger charge is 2.07. The molecule has 0 spiro atoms. The van der Waals surface area contributed by atoms with E-state index < -0.39 is 0 Å². The smallest absolute Gasteiger partial charge is 0.0669 e. The van der Waals surface area contributed by atoms with Gasteiger partial charge in [0.2, 0.25) is 0 Å². The topological polar surface area (TPSA) is 61.0 Å². The predicted molar refractivity (Wildman–Crippen MR) is 47.9 cm³/mol. The molecule has 0 aliphatic heterocycles. The Morgan fingerprint density at radius 1 is 1.75 bits per heavy atom. The largest absolute Gasteiger partial charge is 0.385 e. The summed E-state index contributed by atoms with van der Waals surface area (Å²) in [7, 11) is 1.69. The molecule has 0 aliphatic rings. The second-order valence-electron chi connectivity index (χ2n) is 2.56. The van der Waals surface area contributed by atoms with Crippen molar-refractivity contribution in [3.8, 4) is 0 Å². The van der Waals surface area contributed by atoms with Crippen molar-refractivity contribution >= 4 is 11.5 Å². The Morgan fingerprint density at radius 3 is 3.17 bits per heavy atom. The van der Waals surface area contributed by atoms with Crippen molar-refractivity contribution in [2.75, 3.05) is 13.7 Å². The van der Waals surface area contributed by atoms with Gasteiger partial charge in [-0.2, -0.15) is 0 Å². The first-order chi connectivity index (χ1) is 5.84. The van der Waals surface area contributed by atoms with E-state index in [-0.39, 0.29) is 6.04 Å². The van der Waals surface area contributed by atoms with E-state index in [1.165, 1.54) is 11.5 Å². The first-order valence-electron chi connectivity index (χ1n) is 3.86. The molecule has 68 valence electrons. The molecular weight excluding hydrogens is 174 g/mol. The number of nitrogens with two attached hydrogens (primary N) is 1. The average molecular weight is 187 g/mol. The van der Waals surface area contributed by atoms with E-state index in [0.717, 1.165) is 24.3 Å². The van der Waals surface area contributed by atoms with E-state index in [9.17, 15) is 0 Å². The molecular formula is C7H13N3OS. The Labute approximate surface area is 75.9 Å². The van der Waals surface area contributed by atoms with Gasteiger partial charge < -0.3 is 10.5 Å². The molecule has 2 N–H and O–H groups in total. The van der Waals surface area contributed by atoms with Crippen LogP contribution in [0, 0.1) is 0 Å². The minimum absolute atomic E-state index is 0.0696. The third kappa shape index (κ3) is 2.84. The summed E-state index contributed by atoms with van der Waals surface area (Å²) in [6.07, 6.45) is 3.63. The van der Waals surface area contributed by atoms with Gasteiger partial charge in [-0.05, 0) is 24.4 Å². The summed E-state index contributed by atoms with van der Waals surface area (Å²) in [5.41, 5.74) is 5.86. The maximum absolute atomic E-state index is 5.86. The van der Waals surface area contributed by atoms with E-state index in [4.69, 9.17) is 10.5 Å². The highest BCUT2D eigenvalue weighted by atomic mass is 32.1. The normalized spacial score (nSPS) is 13.2. The average Bonchev–Trinajstić information content (AvgIpc) is 2.56. The van der Waals surface area contributed by atoms with Gasteiger partial charge in [0, 0.05) is 19.8 Å². The van der Waals surface area contributed by atoms with Crippen LogP contribution in [0.1, 0.15) is 23.8 Å². The van der Waals surface area contributed by atoms with Crippen LogP contribution < -0.4 is 5.73 Å². The molecule has 0 saturated carbocycles. The zero-order chi connectivity index (χ0) is 8.81. The number of methoxy groups -OCH3 is 1. The third-order valence-corrected chi connectivity index (χ3v) is 2.40. The van der Waals surface area contributed by atoms with Crippen molar-refractivity contribution in [3.05, 3.63) is 11.1 Å². The van der Waals surface area contributed by atoms with E-state index >= 15 is 0 Å². The van der Waals surface area contributed by atoms with Gasteiger partial charge in [-0.25, -0.2) is 0 Å². The summed E-state index contributed by atoms with van der Waals surface area (Å²) in [5.74, 6) is 0. The van der Waals surface area contributed by atoms with Gasteiger partial charge in [-0.1, -0.05) is 4.49 Å². The fraction of sp³-hybridized carbons (Fsp3) is 0.714. The predicted octanol–water partition coefficient (Wildman–Crippen LogP) is 0.965. The monoisotopic (exact) mass is 187 g/mol. The van der Waals surface area contributed by atoms with E-state index in [2.05, 4.69) is 9.59 Å². The molecule has 0 amide bonds. The summed E-state index contributed by atoms with van der Waals surface area (Å²) in [6, 6.07) is 0.0696. The number of aromatic nitrogens is 2. The molecule has 0 radical (unpaired) electrons. The number of rotatable bonds is 5. The lowest BCUT2D eigenvalue weighted by atomic mass is 10.1. The summed E-state index contributed by atoms with van der Waals surface area (Å²) in [6.45, 7) is 0.764. The summed E-state index contributed by atoms with van der Waals surface area (Å²) < 4.78 is 8.68. The molecule has 1 aromatic heterocycles. The van der Waals surface area contributed by atoms with Crippen LogP contribution in [-0.2, 0) is 4.74 Å². The molecule has 0 fully saturated rings. The molecule has 1 atom stereocenters. The number of hydrogen-bond acceptors (Lipinski definition) is 5. The van der Waals surface area contributed by atoms with E-state index in [1.807, 2.05) is 0 Å². The second-order valence-corrected chi connectivity index (χ2v) is 3.38. The number of nitrogens with zero attached hydrogens (tertiary/aromatic N) is 2. The maximum Gasteiger partial charge on any atom is 0.0669 e. The molecule has 0 aromatic carbocycles. The van der Waals surface area contributed by atoms with Crippen LogP contribution >= 0.6 is 11.5 Å². The van der Waals surface area contributed by atoms with Crippen LogP contribution in [0.3, 0.4) is 0 Å². The Bertz CT molecular complexity index is 202. The van der Waals surface area contributed by atoms with Gasteiger partial charge >= 0.3 is 0 Å². The Hall–Kier alpha value is -0.520. The lowest BCUT2D eigenvalue weighted by Gasteiger charge is -2.06. The van der Waals surface area contributed by atoms with Crippen LogP contribution in [0.5, 0.6) is 0 Å². The minimum atomic E-state index is 0.0696. The van der Waals surface area contributed by atoms with Crippen molar-refractivity contribution in [1.29, 1.82) is 0 Å². The molecule has 5 heteroatoms. The van der Waals surface area contributed by atoms with Gasteiger partial charge in [-0.15, -0.1) is 5.10 Å². The quantitative estimate of drug-likeness (QED) is 0.698. The van der Waals surface area contributed by atoms with E-state index in [0.29, 0.717) is 0 Å². The Balaban J connectivity index is 2.25. The van der Waals surface area contributed by atoms with Crippen LogP contribution in [0.25, 0.3) is 0 Å². The fourth-order valence-corrected chi connectivity index (χ4v) is 1.46. The molecule has 1 unspecified atom stereocenters. The Kier molecular flexibility index (Phi) is 4.13. The lowest BCUT2D eigenvalue weighted by Crippen LogP contribution is -2.09. The molecule has 1 aromatic rings. The molecule has 0 saturated heterocycles. The maximum atomic E-state index is 5.86. The van der Waals surface area contributed by atoms with E-state index in [1.54, 1.807) is 13.3 Å². The highest BCUT2D eigenvalue weighted by Crippen LogP contribution is 2.17. The van der Waals surface area contributed by atoms with Gasteiger partial charge in [0.25, 0.3) is 0 Å². The fourth-order valence-electron chi connectivity index (χ4n) is 0.928. The molecule has 0 bridgehead atoms. The van der Waals surface area contributed by atoms with Crippen LogP contribution in [0.4, 0.5) is 0 Å². The number of hydrogen-bond donors (Lipinski definition) is 1. The van der Waals surface area contributed by atoms with Crippen molar-refractivity contribution in [3.63, 3.8) is 0 Å². The zero-order valence-corrected chi connectivity index (χ0v) is 7.88. The first-order valence-corrected chi connectivity index (χ1v) is 4.63. The third-order valence-electron chi connectivity index (χ3n) is 1.61. The van der Waals surface area contributed by atoms with Gasteiger partial charge in [0.1, 0.15) is 0 Å². The van der Waals surface area contributed by atoms with Crippen molar-refractivity contribution in [1.82, 2.24) is 9.59 Å². The van der Waals surface area contributed by atoms with Gasteiger partial charge in [0.15, 0.2) is 0 Å². The van der Waals surface area contributed by atoms with Crippen LogP contribution in [0.15, 0.2) is 6.20 Å². The molecule has 4 nitrogen and oxygen atoms in total. The zero-order valence-electron chi connectivity index (χ0n) is 7.06. The molecule has 12 heavy (non-hydrogen) atoms. The number of ether oxygens (including phenoxy) is 1. The standard InChI is InChI=1S/C7H13N3OS/c1-11-4-2-3-6(8)7-5-9-10-12-7/h5-6H,2-4,8H2,1H3. The second kappa shape index (κ2) is 5.18. The Morgan fingerprint density at radius 2 is 2.58 bits per heavy atom. The lowest BCUT2D eigenvalue weighted by molar-refractivity contribution is 0.190. The summed E-state index contributed by atoms with van der Waals surface area (Å²) in [4.78, 5) is 1.05. The van der Waals surface area contributed by atoms with Crippen molar-refractivity contribution in [2.45, 2.75) is 18.9 Å². The molecule has 1 rings (SSSR count). The van der Waals surface area contributed by atoms with Crippen LogP contribution in [-0.4, -0.2) is 23.3 Å². The SMILES string of the molecule is COCCCC(N)c1cnns1. The van der Waals surface area contributed by atoms with Crippen molar-refractivity contribution < 1.29 is 4.74 Å². The first kappa shape index (κ1) is 9.57. The highest BCUT2D eigenvalue weighted by molar-refractivity contribution is 7.05. The van der Waals surface area contributed by atoms with Crippen LogP contribution in [0.2, 0.25) is 0 Å². The minimum Gasteiger partial charge on any atom is -0.385 e. The summed E-state index contributed by atoms with van der Waals surface area (Å²) >= 11 is 1.36. The molecule has 0 aliphatic carbocycles. The summed E-state index contributed by atoms with van der Waals surface area (Å²) in [5, 5.41) is 3.73. The molecule has 1 heterocycles.